The van der Waals surface area contributed by atoms with Crippen molar-refractivity contribution in [3.05, 3.63) is 52.4 Å². The highest BCUT2D eigenvalue weighted by Crippen LogP contribution is 2.47. The number of anilines is 1. The highest BCUT2D eigenvalue weighted by atomic mass is 35.5. The van der Waals surface area contributed by atoms with Crippen LogP contribution < -0.4 is 5.32 Å². The normalized spacial score (nSPS) is 25.0. The van der Waals surface area contributed by atoms with Crippen LogP contribution in [0, 0.1) is 5.92 Å². The standard InChI is InChI=1S/C17H14ClNO2/c1-9-6-13(9)16-5-3-11(21-16)8-14-12-4-2-10(18)7-15(12)19-17(14)20/h2-5,7-9,13H,6H2,1H3,(H,19,20)/b14-8+. The molecule has 2 heterocycles. The molecule has 1 aromatic heterocycles. The third-order valence-corrected chi connectivity index (χ3v) is 4.41. The lowest BCUT2D eigenvalue weighted by Gasteiger charge is -1.98. The van der Waals surface area contributed by atoms with Crippen LogP contribution in [0.15, 0.2) is 34.7 Å². The summed E-state index contributed by atoms with van der Waals surface area (Å²) in [4.78, 5) is 12.1. The van der Waals surface area contributed by atoms with E-state index in [-0.39, 0.29) is 5.91 Å². The fourth-order valence-electron chi connectivity index (χ4n) is 2.82. The number of benzene rings is 1. The van der Waals surface area contributed by atoms with E-state index in [4.69, 9.17) is 16.0 Å². The lowest BCUT2D eigenvalue weighted by molar-refractivity contribution is -0.110. The van der Waals surface area contributed by atoms with Crippen LogP contribution in [0.1, 0.15) is 36.3 Å². The van der Waals surface area contributed by atoms with Gasteiger partial charge in [-0.15, -0.1) is 0 Å². The van der Waals surface area contributed by atoms with Gasteiger partial charge in [-0.05, 0) is 42.7 Å². The minimum atomic E-state index is -0.120. The average Bonchev–Trinajstić information content (AvgIpc) is 2.88. The predicted octanol–water partition coefficient (Wildman–Crippen LogP) is 4.55. The molecule has 2 unspecified atom stereocenters. The Kier molecular flexibility index (Phi) is 2.73. The van der Waals surface area contributed by atoms with Crippen molar-refractivity contribution in [2.45, 2.75) is 19.3 Å². The van der Waals surface area contributed by atoms with E-state index >= 15 is 0 Å². The second-order valence-electron chi connectivity index (χ2n) is 5.76. The maximum atomic E-state index is 12.1. The molecule has 0 saturated heterocycles. The van der Waals surface area contributed by atoms with E-state index in [2.05, 4.69) is 12.2 Å². The van der Waals surface area contributed by atoms with Gasteiger partial charge in [-0.3, -0.25) is 4.79 Å². The Morgan fingerprint density at radius 1 is 1.33 bits per heavy atom. The molecular weight excluding hydrogens is 286 g/mol. The molecule has 1 aliphatic heterocycles. The maximum Gasteiger partial charge on any atom is 0.256 e. The second-order valence-corrected chi connectivity index (χ2v) is 6.20. The average molecular weight is 300 g/mol. The lowest BCUT2D eigenvalue weighted by atomic mass is 10.1. The van der Waals surface area contributed by atoms with Gasteiger partial charge in [0.05, 0.1) is 11.3 Å². The Morgan fingerprint density at radius 2 is 2.14 bits per heavy atom. The van der Waals surface area contributed by atoms with Crippen LogP contribution in [0.3, 0.4) is 0 Å². The molecule has 2 aliphatic rings. The zero-order valence-electron chi connectivity index (χ0n) is 11.5. The number of fused-ring (bicyclic) bond motifs is 1. The number of rotatable bonds is 2. The molecule has 21 heavy (non-hydrogen) atoms. The number of carbonyl (C=O) groups excluding carboxylic acids is 1. The number of amides is 1. The molecule has 1 aliphatic carbocycles. The first-order chi connectivity index (χ1) is 10.1. The Labute approximate surface area is 127 Å². The molecule has 1 saturated carbocycles. The van der Waals surface area contributed by atoms with Crippen molar-refractivity contribution in [1.82, 2.24) is 0 Å². The molecule has 2 aromatic rings. The fourth-order valence-corrected chi connectivity index (χ4v) is 2.99. The number of halogens is 1. The van der Waals surface area contributed by atoms with Crippen LogP contribution in [-0.4, -0.2) is 5.91 Å². The summed E-state index contributed by atoms with van der Waals surface area (Å²) in [5.41, 5.74) is 2.23. The van der Waals surface area contributed by atoms with Gasteiger partial charge in [-0.1, -0.05) is 24.6 Å². The van der Waals surface area contributed by atoms with Gasteiger partial charge in [0.1, 0.15) is 11.5 Å². The molecule has 0 radical (unpaired) electrons. The summed E-state index contributed by atoms with van der Waals surface area (Å²) in [6.07, 6.45) is 2.98. The first-order valence-corrected chi connectivity index (χ1v) is 7.42. The Balaban J connectivity index is 1.70. The van der Waals surface area contributed by atoms with Crippen molar-refractivity contribution >= 4 is 34.8 Å². The van der Waals surface area contributed by atoms with Crippen molar-refractivity contribution in [2.75, 3.05) is 5.32 Å². The van der Waals surface area contributed by atoms with E-state index in [0.717, 1.165) is 22.8 Å². The van der Waals surface area contributed by atoms with E-state index in [9.17, 15) is 4.79 Å². The van der Waals surface area contributed by atoms with Gasteiger partial charge in [-0.25, -0.2) is 0 Å². The Morgan fingerprint density at radius 3 is 2.90 bits per heavy atom. The third-order valence-electron chi connectivity index (χ3n) is 4.17. The molecule has 106 valence electrons. The first kappa shape index (κ1) is 12.7. The number of hydrogen-bond donors (Lipinski definition) is 1. The van der Waals surface area contributed by atoms with E-state index in [1.165, 1.54) is 6.42 Å². The first-order valence-electron chi connectivity index (χ1n) is 7.04. The van der Waals surface area contributed by atoms with E-state index in [1.54, 1.807) is 18.2 Å². The van der Waals surface area contributed by atoms with Crippen LogP contribution in [0.4, 0.5) is 5.69 Å². The van der Waals surface area contributed by atoms with Crippen molar-refractivity contribution in [1.29, 1.82) is 0 Å². The van der Waals surface area contributed by atoms with Crippen LogP contribution in [-0.2, 0) is 4.79 Å². The van der Waals surface area contributed by atoms with E-state index in [0.29, 0.717) is 22.4 Å². The number of furan rings is 1. The summed E-state index contributed by atoms with van der Waals surface area (Å²) in [5, 5.41) is 3.43. The SMILES string of the molecule is CC1CC1c1ccc(/C=C2/C(=O)Nc3cc(Cl)ccc32)o1. The molecule has 4 heteroatoms. The minimum Gasteiger partial charge on any atom is -0.461 e. The van der Waals surface area contributed by atoms with Gasteiger partial charge in [0.15, 0.2) is 0 Å². The topological polar surface area (TPSA) is 42.2 Å². The summed E-state index contributed by atoms with van der Waals surface area (Å²) in [6.45, 7) is 2.22. The van der Waals surface area contributed by atoms with Crippen LogP contribution in [0.2, 0.25) is 5.02 Å². The van der Waals surface area contributed by atoms with Crippen molar-refractivity contribution in [2.24, 2.45) is 5.92 Å². The molecule has 1 fully saturated rings. The molecule has 1 amide bonds. The summed E-state index contributed by atoms with van der Waals surface area (Å²) >= 11 is 5.95. The second kappa shape index (κ2) is 4.50. The predicted molar refractivity (Wildman–Crippen MR) is 83.2 cm³/mol. The lowest BCUT2D eigenvalue weighted by Crippen LogP contribution is -2.03. The van der Waals surface area contributed by atoms with Gasteiger partial charge in [-0.2, -0.15) is 0 Å². The number of hydrogen-bond acceptors (Lipinski definition) is 2. The quantitative estimate of drug-likeness (QED) is 0.827. The van der Waals surface area contributed by atoms with Crippen LogP contribution in [0.5, 0.6) is 0 Å². The molecule has 4 rings (SSSR count). The summed E-state index contributed by atoms with van der Waals surface area (Å²) in [5.74, 6) is 2.86. The summed E-state index contributed by atoms with van der Waals surface area (Å²) in [7, 11) is 0. The van der Waals surface area contributed by atoms with Crippen LogP contribution in [0.25, 0.3) is 11.6 Å². The highest BCUT2D eigenvalue weighted by Gasteiger charge is 2.36. The zero-order chi connectivity index (χ0) is 14.6. The molecule has 1 aromatic carbocycles. The molecule has 0 bridgehead atoms. The summed E-state index contributed by atoms with van der Waals surface area (Å²) < 4.78 is 5.84. The third kappa shape index (κ3) is 2.18. The molecular formula is C17H14ClNO2. The molecule has 2 atom stereocenters. The van der Waals surface area contributed by atoms with Crippen molar-refractivity contribution < 1.29 is 9.21 Å². The fraction of sp³-hybridized carbons (Fsp3) is 0.235. The Bertz CT molecular complexity index is 775. The minimum absolute atomic E-state index is 0.120. The molecule has 0 spiro atoms. The van der Waals surface area contributed by atoms with E-state index in [1.807, 2.05) is 18.2 Å². The smallest absolute Gasteiger partial charge is 0.256 e. The van der Waals surface area contributed by atoms with Gasteiger partial charge in [0.2, 0.25) is 0 Å². The van der Waals surface area contributed by atoms with Gasteiger partial charge >= 0.3 is 0 Å². The zero-order valence-corrected chi connectivity index (χ0v) is 12.3. The number of nitrogens with one attached hydrogen (secondary N) is 1. The molecule has 3 nitrogen and oxygen atoms in total. The van der Waals surface area contributed by atoms with E-state index < -0.39 is 0 Å². The molecule has 1 N–H and O–H groups in total. The largest absolute Gasteiger partial charge is 0.461 e. The van der Waals surface area contributed by atoms with Gasteiger partial charge < -0.3 is 9.73 Å². The summed E-state index contributed by atoms with van der Waals surface area (Å²) in [6, 6.07) is 9.34. The Hall–Kier alpha value is -2.00. The van der Waals surface area contributed by atoms with Gasteiger partial charge in [0, 0.05) is 16.5 Å². The van der Waals surface area contributed by atoms with Crippen molar-refractivity contribution in [3.8, 4) is 0 Å². The monoisotopic (exact) mass is 299 g/mol. The number of carbonyl (C=O) groups is 1. The maximum absolute atomic E-state index is 12.1. The van der Waals surface area contributed by atoms with Gasteiger partial charge in [0.25, 0.3) is 5.91 Å². The highest BCUT2D eigenvalue weighted by molar-refractivity contribution is 6.36. The van der Waals surface area contributed by atoms with Crippen LogP contribution >= 0.6 is 11.6 Å². The van der Waals surface area contributed by atoms with Crippen molar-refractivity contribution in [3.63, 3.8) is 0 Å².